The molecule has 3 aromatic rings. The lowest BCUT2D eigenvalue weighted by Crippen LogP contribution is -2.55. The Labute approximate surface area is 435 Å². The monoisotopic (exact) mass is 1050 g/mol. The number of benzene rings is 2. The van der Waals surface area contributed by atoms with Crippen molar-refractivity contribution >= 4 is 58.0 Å². The van der Waals surface area contributed by atoms with Crippen LogP contribution >= 0.6 is 0 Å². The van der Waals surface area contributed by atoms with Gasteiger partial charge in [0.1, 0.15) is 34.7 Å². The van der Waals surface area contributed by atoms with Crippen LogP contribution in [0.25, 0.3) is 10.9 Å². The number of amides is 1. The lowest BCUT2D eigenvalue weighted by molar-refractivity contribution is -0.156. The number of aromatic carboxylic acids is 1. The number of halogens is 1. The van der Waals surface area contributed by atoms with Crippen molar-refractivity contribution < 1.29 is 72.5 Å². The number of nitrogens with zero attached hydrogens (tertiary/aromatic N) is 4. The summed E-state index contributed by atoms with van der Waals surface area (Å²) in [4.78, 5) is 97.5. The number of hydrogen-bond acceptors (Lipinski definition) is 18. The van der Waals surface area contributed by atoms with E-state index in [0.29, 0.717) is 5.52 Å². The average Bonchev–Trinajstić information content (AvgIpc) is 4.20. The molecular weight excluding hydrogens is 992 g/mol. The van der Waals surface area contributed by atoms with Crippen molar-refractivity contribution in [3.05, 3.63) is 110 Å². The minimum absolute atomic E-state index is 0.0237. The molecule has 76 heavy (non-hydrogen) atoms. The molecule has 404 valence electrons. The van der Waals surface area contributed by atoms with E-state index < -0.39 is 134 Å². The molecule has 5 bridgehead atoms. The molecule has 1 amide bonds. The first-order chi connectivity index (χ1) is 35.9. The van der Waals surface area contributed by atoms with Crippen molar-refractivity contribution in [1.29, 1.82) is 0 Å². The van der Waals surface area contributed by atoms with E-state index in [0.717, 1.165) is 31.4 Å². The van der Waals surface area contributed by atoms with E-state index in [1.165, 1.54) is 70.3 Å². The number of anilines is 1. The Hall–Kier alpha value is -7.53. The number of piperazine rings is 1. The van der Waals surface area contributed by atoms with E-state index in [2.05, 4.69) is 10.4 Å². The predicted octanol–water partition coefficient (Wildman–Crippen LogP) is 3.99. The van der Waals surface area contributed by atoms with E-state index in [-0.39, 0.29) is 65.7 Å². The summed E-state index contributed by atoms with van der Waals surface area (Å²) >= 11 is 0. The molecule has 21 nitrogen and oxygen atoms in total. The summed E-state index contributed by atoms with van der Waals surface area (Å²) < 4.78 is 40.9. The second-order valence-electron chi connectivity index (χ2n) is 20.1. The van der Waals surface area contributed by atoms with Gasteiger partial charge in [-0.05, 0) is 44.9 Å². The lowest BCUT2D eigenvalue weighted by Gasteiger charge is -2.37. The number of ether oxygens (including phenoxy) is 4. The maximum Gasteiger partial charge on any atom is 0.341 e. The number of aromatic hydroxyl groups is 1. The normalized spacial score (nSPS) is 29.2. The fourth-order valence-corrected chi connectivity index (χ4v) is 10.2. The highest BCUT2D eigenvalue weighted by Gasteiger charge is 2.53. The van der Waals surface area contributed by atoms with Crippen molar-refractivity contribution in [2.24, 2.45) is 28.6 Å². The van der Waals surface area contributed by atoms with E-state index in [9.17, 15) is 49.2 Å². The third-order valence-electron chi connectivity index (χ3n) is 14.9. The molecule has 0 radical (unpaired) electrons. The Morgan fingerprint density at radius 2 is 1.64 bits per heavy atom. The maximum absolute atomic E-state index is 15.9. The number of nitrogens with one attached hydrogen (secondary N) is 1. The average molecular weight is 1050 g/mol. The highest BCUT2D eigenvalue weighted by atomic mass is 19.1. The Morgan fingerprint density at radius 3 is 2.28 bits per heavy atom. The van der Waals surface area contributed by atoms with Gasteiger partial charge in [0.25, 0.3) is 11.7 Å². The van der Waals surface area contributed by atoms with Gasteiger partial charge >= 0.3 is 17.7 Å². The number of carboxylic acid groups (broad SMARTS) is 1. The van der Waals surface area contributed by atoms with Crippen molar-refractivity contribution in [1.82, 2.24) is 14.9 Å². The number of allylic oxidation sites excluding steroid dienone is 4. The zero-order valence-electron chi connectivity index (χ0n) is 43.2. The molecule has 2 fully saturated rings. The number of Topliss-reactive ketones (excluding diaryl/α,β-unsaturated/α-hetero) is 3. The van der Waals surface area contributed by atoms with E-state index in [4.69, 9.17) is 24.7 Å². The van der Waals surface area contributed by atoms with Crippen LogP contribution in [-0.2, 0) is 23.8 Å². The summed E-state index contributed by atoms with van der Waals surface area (Å²) in [7, 11) is 1.36. The van der Waals surface area contributed by atoms with Crippen LogP contribution in [0.3, 0.4) is 0 Å². The molecule has 0 unspecified atom stereocenters. The van der Waals surface area contributed by atoms with Crippen LogP contribution in [0.15, 0.2) is 75.6 Å². The van der Waals surface area contributed by atoms with Crippen LogP contribution in [-0.4, -0.2) is 141 Å². The van der Waals surface area contributed by atoms with Crippen LogP contribution in [0.2, 0.25) is 0 Å². The Bertz CT molecular complexity index is 3170. The summed E-state index contributed by atoms with van der Waals surface area (Å²) in [6.07, 6.45) is 6.04. The third-order valence-corrected chi connectivity index (χ3v) is 14.9. The molecule has 4 aliphatic heterocycles. The maximum atomic E-state index is 15.9. The second kappa shape index (κ2) is 21.2. The molecule has 9 atom stereocenters. The minimum Gasteiger partial charge on any atom is -0.507 e. The SMILES string of the molecule is CO[C@H]1/C=C/O[C@@]2(C)Oc3c(C)c(O)c4c(c3C2=O)C(=O)C(/C=N/N2CCN(c3cc5c(cc3F)c(=O)c(C(=O)O)cn5C3CC3)CC2)=C(NC(=O)/C(C)=C\C=C\[C@H](C)[C@H](O)[C@@H](C)[C@@H](O)[C@@H](N)[C@H](OC(C)=O)[C@@H]1C)C4=O. The molecule has 6 aliphatic rings. The van der Waals surface area contributed by atoms with Crippen LogP contribution in [0.1, 0.15) is 107 Å². The second-order valence-corrected chi connectivity index (χ2v) is 20.1. The summed E-state index contributed by atoms with van der Waals surface area (Å²) in [5.74, 6) is -12.1. The number of aliphatic hydroxyl groups is 2. The highest BCUT2D eigenvalue weighted by Crippen LogP contribution is 2.49. The van der Waals surface area contributed by atoms with Gasteiger partial charge in [-0.15, -0.1) is 0 Å². The number of aromatic nitrogens is 1. The topological polar surface area (TPSA) is 299 Å². The Morgan fingerprint density at radius 1 is 0.961 bits per heavy atom. The van der Waals surface area contributed by atoms with Crippen molar-refractivity contribution in [2.45, 2.75) is 104 Å². The molecule has 2 aromatic carbocycles. The van der Waals surface area contributed by atoms with Gasteiger partial charge in [0.15, 0.2) is 5.78 Å². The number of hydrazone groups is 1. The molecule has 5 heterocycles. The fraction of sp³-hybridized carbons (Fsp3) is 0.444. The molecule has 1 saturated heterocycles. The van der Waals surface area contributed by atoms with E-state index in [1.54, 1.807) is 36.3 Å². The van der Waals surface area contributed by atoms with Gasteiger partial charge in [0.05, 0.1) is 83.4 Å². The van der Waals surface area contributed by atoms with Gasteiger partial charge in [-0.25, -0.2) is 9.18 Å². The number of fused-ring (bicyclic) bond motifs is 15. The number of ketones is 3. The molecular formula is C54H61FN6O15. The van der Waals surface area contributed by atoms with Gasteiger partial charge in [-0.2, -0.15) is 5.10 Å². The number of nitrogens with two attached hydrogens (primary N) is 1. The number of hydrogen-bond donors (Lipinski definition) is 6. The molecule has 22 heteroatoms. The fourth-order valence-electron chi connectivity index (χ4n) is 10.2. The number of carbonyl (C=O) groups is 6. The highest BCUT2D eigenvalue weighted by molar-refractivity contribution is 6.37. The molecule has 1 saturated carbocycles. The first kappa shape index (κ1) is 54.7. The number of carbonyl (C=O) groups excluding carboxylic acids is 5. The van der Waals surface area contributed by atoms with Gasteiger partial charge in [0, 0.05) is 80.6 Å². The van der Waals surface area contributed by atoms with Crippen LogP contribution in [0.5, 0.6) is 11.5 Å². The summed E-state index contributed by atoms with van der Waals surface area (Å²) in [6, 6.07) is 1.30. The lowest BCUT2D eigenvalue weighted by atomic mass is 9.81. The van der Waals surface area contributed by atoms with Gasteiger partial charge < -0.3 is 59.9 Å². The van der Waals surface area contributed by atoms with Crippen LogP contribution in [0.4, 0.5) is 10.1 Å². The van der Waals surface area contributed by atoms with Gasteiger partial charge in [-0.1, -0.05) is 39.0 Å². The summed E-state index contributed by atoms with van der Waals surface area (Å²) in [5.41, 5.74) is 3.28. The number of methoxy groups -OCH3 is 1. The zero-order valence-corrected chi connectivity index (χ0v) is 43.2. The molecule has 7 N–H and O–H groups in total. The van der Waals surface area contributed by atoms with E-state index in [1.807, 2.05) is 0 Å². The van der Waals surface area contributed by atoms with Crippen LogP contribution < -0.4 is 26.1 Å². The first-order valence-electron chi connectivity index (χ1n) is 24.9. The zero-order chi connectivity index (χ0) is 55.4. The predicted molar refractivity (Wildman–Crippen MR) is 273 cm³/mol. The largest absolute Gasteiger partial charge is 0.507 e. The standard InChI is InChI=1S/C54H61FN6O15/c1-24-10-9-11-25(2)52(70)58-42-32(22-57-60-17-15-59(16-18-60)36-21-35-31(20-34(36)55)46(66)33(53(71)72)23-61(35)30-12-13-30)47(67)38-39(48(42)68)44(64)28(5)49-40(38)51(69)54(7,76-49)74-19-14-37(73-8)26(3)50(75-29(6)62)41(56)45(65)27(4)43(24)63/h9-11,14,19-24,26-27,30,37,41,43,45,50,63-65H,12-13,15-18,56H2,1-8H3,(H,58,70)(H,71,72)/b10-9+,19-14+,25-11-,57-22+/t24-,26+,27+,37-,41+,43-,45+,50+,54-/m0/s1. The van der Waals surface area contributed by atoms with Crippen molar-refractivity contribution in [2.75, 3.05) is 38.2 Å². The first-order valence-corrected chi connectivity index (χ1v) is 24.9. The third kappa shape index (κ3) is 10.0. The number of phenolic OH excluding ortho intramolecular Hbond substituents is 1. The minimum atomic E-state index is -2.21. The number of phenols is 1. The smallest absolute Gasteiger partial charge is 0.341 e. The van der Waals surface area contributed by atoms with Crippen molar-refractivity contribution in [3.63, 3.8) is 0 Å². The summed E-state index contributed by atoms with van der Waals surface area (Å²) in [5, 5.41) is 52.8. The molecule has 1 aromatic heterocycles. The number of aliphatic hydroxyl groups excluding tert-OH is 2. The van der Waals surface area contributed by atoms with Gasteiger partial charge in [0.2, 0.25) is 11.2 Å². The van der Waals surface area contributed by atoms with Crippen LogP contribution in [0, 0.1) is 30.5 Å². The number of carboxylic acids is 1. The quantitative estimate of drug-likeness (QED) is 0.144. The molecule has 2 aliphatic carbocycles. The molecule has 0 spiro atoms. The van der Waals surface area contributed by atoms with E-state index >= 15 is 9.18 Å². The molecule has 9 rings (SSSR count). The Kier molecular flexibility index (Phi) is 15.3. The summed E-state index contributed by atoms with van der Waals surface area (Å²) in [6.45, 7) is 10.7. The number of rotatable bonds is 7. The number of pyridine rings is 1. The number of esters is 1. The Balaban J connectivity index is 1.16. The van der Waals surface area contributed by atoms with Crippen molar-refractivity contribution in [3.8, 4) is 11.5 Å². The van der Waals surface area contributed by atoms with Gasteiger partial charge in [-0.3, -0.25) is 33.8 Å².